The largest absolute Gasteiger partial charge is 0.497 e. The zero-order valence-electron chi connectivity index (χ0n) is 16.8. The van der Waals surface area contributed by atoms with E-state index in [9.17, 15) is 4.79 Å². The molecule has 0 radical (unpaired) electrons. The van der Waals surface area contributed by atoms with Crippen LogP contribution in [0.5, 0.6) is 11.5 Å². The molecular formula is C23H30N2O3. The lowest BCUT2D eigenvalue weighted by atomic mass is 10.0. The van der Waals surface area contributed by atoms with Crippen LogP contribution in [0.4, 0.5) is 0 Å². The standard InChI is InChI=1S/C23H30N2O3/c1-3-28-21-10-6-18(7-11-21)16-23(26)24-17-22(25-14-4-5-15-25)19-8-12-20(27-2)13-9-19/h6-13,22H,3-5,14-17H2,1-2H3,(H,24,26). The normalized spacial score (nSPS) is 15.2. The molecule has 0 saturated carbocycles. The van der Waals surface area contributed by atoms with Crippen molar-refractivity contribution < 1.29 is 14.3 Å². The Morgan fingerprint density at radius 2 is 1.68 bits per heavy atom. The minimum absolute atomic E-state index is 0.0434. The molecule has 2 aromatic rings. The SMILES string of the molecule is CCOc1ccc(CC(=O)NCC(c2ccc(OC)cc2)N2CCCC2)cc1. The number of amides is 1. The monoisotopic (exact) mass is 382 g/mol. The average Bonchev–Trinajstić information content (AvgIpc) is 3.25. The lowest BCUT2D eigenvalue weighted by molar-refractivity contribution is -0.120. The van der Waals surface area contributed by atoms with Crippen LogP contribution < -0.4 is 14.8 Å². The van der Waals surface area contributed by atoms with E-state index in [2.05, 4.69) is 22.3 Å². The molecule has 1 amide bonds. The Morgan fingerprint density at radius 1 is 1.04 bits per heavy atom. The maximum absolute atomic E-state index is 12.5. The van der Waals surface area contributed by atoms with E-state index in [-0.39, 0.29) is 11.9 Å². The van der Waals surface area contributed by atoms with Crippen molar-refractivity contribution in [2.24, 2.45) is 0 Å². The highest BCUT2D eigenvalue weighted by atomic mass is 16.5. The Hall–Kier alpha value is -2.53. The lowest BCUT2D eigenvalue weighted by Crippen LogP contribution is -2.37. The number of ether oxygens (including phenoxy) is 2. The van der Waals surface area contributed by atoms with Gasteiger partial charge in [-0.15, -0.1) is 0 Å². The van der Waals surface area contributed by atoms with Crippen LogP contribution in [0.25, 0.3) is 0 Å². The second-order valence-corrected chi connectivity index (χ2v) is 7.09. The summed E-state index contributed by atoms with van der Waals surface area (Å²) >= 11 is 0. The number of benzene rings is 2. The van der Waals surface area contributed by atoms with Crippen molar-refractivity contribution in [3.63, 3.8) is 0 Å². The number of carbonyl (C=O) groups is 1. The number of carbonyl (C=O) groups excluding carboxylic acids is 1. The Balaban J connectivity index is 1.59. The molecule has 1 fully saturated rings. The summed E-state index contributed by atoms with van der Waals surface area (Å²) in [4.78, 5) is 15.0. The molecular weight excluding hydrogens is 352 g/mol. The highest BCUT2D eigenvalue weighted by molar-refractivity contribution is 5.78. The minimum Gasteiger partial charge on any atom is -0.497 e. The van der Waals surface area contributed by atoms with Crippen LogP contribution in [0.15, 0.2) is 48.5 Å². The van der Waals surface area contributed by atoms with E-state index in [0.717, 1.165) is 30.2 Å². The maximum atomic E-state index is 12.5. The zero-order chi connectivity index (χ0) is 19.8. The van der Waals surface area contributed by atoms with E-state index >= 15 is 0 Å². The molecule has 0 aliphatic carbocycles. The van der Waals surface area contributed by atoms with Crippen molar-refractivity contribution in [3.05, 3.63) is 59.7 Å². The van der Waals surface area contributed by atoms with E-state index in [4.69, 9.17) is 9.47 Å². The molecule has 150 valence electrons. The molecule has 1 unspecified atom stereocenters. The number of rotatable bonds is 9. The van der Waals surface area contributed by atoms with Crippen LogP contribution in [-0.4, -0.2) is 44.2 Å². The summed E-state index contributed by atoms with van der Waals surface area (Å²) in [6.07, 6.45) is 2.81. The first-order valence-electron chi connectivity index (χ1n) is 10.1. The molecule has 2 aromatic carbocycles. The second-order valence-electron chi connectivity index (χ2n) is 7.09. The minimum atomic E-state index is 0.0434. The summed E-state index contributed by atoms with van der Waals surface area (Å²) < 4.78 is 10.7. The predicted octanol–water partition coefficient (Wildman–Crippen LogP) is 3.59. The van der Waals surface area contributed by atoms with E-state index in [1.54, 1.807) is 7.11 Å². The Bertz CT molecular complexity index is 737. The fraction of sp³-hybridized carbons (Fsp3) is 0.435. The first-order valence-corrected chi connectivity index (χ1v) is 10.1. The Morgan fingerprint density at radius 3 is 2.29 bits per heavy atom. The van der Waals surface area contributed by atoms with Crippen molar-refractivity contribution in [3.8, 4) is 11.5 Å². The van der Waals surface area contributed by atoms with Crippen LogP contribution in [-0.2, 0) is 11.2 Å². The van der Waals surface area contributed by atoms with Crippen LogP contribution in [0.2, 0.25) is 0 Å². The number of hydrogen-bond donors (Lipinski definition) is 1. The van der Waals surface area contributed by atoms with Crippen LogP contribution in [0, 0.1) is 0 Å². The van der Waals surface area contributed by atoms with Crippen LogP contribution >= 0.6 is 0 Å². The first kappa shape index (κ1) is 20.2. The van der Waals surface area contributed by atoms with Crippen molar-refractivity contribution in [2.75, 3.05) is 33.4 Å². The maximum Gasteiger partial charge on any atom is 0.224 e. The van der Waals surface area contributed by atoms with Gasteiger partial charge in [-0.05, 0) is 68.2 Å². The van der Waals surface area contributed by atoms with Gasteiger partial charge in [0.2, 0.25) is 5.91 Å². The molecule has 0 bridgehead atoms. The van der Waals surface area contributed by atoms with Crippen LogP contribution in [0.1, 0.15) is 36.9 Å². The molecule has 5 heteroatoms. The average molecular weight is 383 g/mol. The molecule has 1 aliphatic rings. The van der Waals surface area contributed by atoms with Gasteiger partial charge in [0, 0.05) is 6.54 Å². The van der Waals surface area contributed by atoms with E-state index in [1.165, 1.54) is 18.4 Å². The first-order chi connectivity index (χ1) is 13.7. The van der Waals surface area contributed by atoms with Crippen molar-refractivity contribution >= 4 is 5.91 Å². The molecule has 1 N–H and O–H groups in total. The fourth-order valence-electron chi connectivity index (χ4n) is 3.67. The number of nitrogens with one attached hydrogen (secondary N) is 1. The quantitative estimate of drug-likeness (QED) is 0.720. The molecule has 1 heterocycles. The van der Waals surface area contributed by atoms with Gasteiger partial charge in [0.1, 0.15) is 11.5 Å². The third-order valence-corrected chi connectivity index (χ3v) is 5.17. The second kappa shape index (κ2) is 10.1. The van der Waals surface area contributed by atoms with Gasteiger partial charge in [-0.25, -0.2) is 0 Å². The molecule has 5 nitrogen and oxygen atoms in total. The van der Waals surface area contributed by atoms with E-state index < -0.39 is 0 Å². The highest BCUT2D eigenvalue weighted by Crippen LogP contribution is 2.26. The molecule has 0 spiro atoms. The molecule has 1 aliphatic heterocycles. The van der Waals surface area contributed by atoms with Gasteiger partial charge < -0.3 is 14.8 Å². The van der Waals surface area contributed by atoms with Crippen molar-refractivity contribution in [1.82, 2.24) is 10.2 Å². The van der Waals surface area contributed by atoms with Crippen molar-refractivity contribution in [2.45, 2.75) is 32.2 Å². The highest BCUT2D eigenvalue weighted by Gasteiger charge is 2.24. The van der Waals surface area contributed by atoms with Gasteiger partial charge in [-0.1, -0.05) is 24.3 Å². The lowest BCUT2D eigenvalue weighted by Gasteiger charge is -2.28. The van der Waals surface area contributed by atoms with Gasteiger partial charge in [0.05, 0.1) is 26.2 Å². The number of hydrogen-bond acceptors (Lipinski definition) is 4. The summed E-state index contributed by atoms with van der Waals surface area (Å²) in [5, 5.41) is 3.13. The Labute approximate surface area is 167 Å². The van der Waals surface area contributed by atoms with E-state index in [1.807, 2.05) is 43.3 Å². The van der Waals surface area contributed by atoms with Crippen molar-refractivity contribution in [1.29, 1.82) is 0 Å². The topological polar surface area (TPSA) is 50.8 Å². The van der Waals surface area contributed by atoms with E-state index in [0.29, 0.717) is 19.6 Å². The Kier molecular flexibility index (Phi) is 7.31. The summed E-state index contributed by atoms with van der Waals surface area (Å²) in [5.41, 5.74) is 2.20. The summed E-state index contributed by atoms with van der Waals surface area (Å²) in [7, 11) is 1.67. The van der Waals surface area contributed by atoms with Gasteiger partial charge >= 0.3 is 0 Å². The number of likely N-dealkylation sites (tertiary alicyclic amines) is 1. The van der Waals surface area contributed by atoms with Gasteiger partial charge in [-0.2, -0.15) is 0 Å². The molecule has 0 aromatic heterocycles. The smallest absolute Gasteiger partial charge is 0.224 e. The summed E-state index contributed by atoms with van der Waals surface area (Å²) in [6, 6.07) is 16.1. The van der Waals surface area contributed by atoms with Gasteiger partial charge in [0.15, 0.2) is 0 Å². The van der Waals surface area contributed by atoms with Gasteiger partial charge in [-0.3, -0.25) is 9.69 Å². The molecule has 28 heavy (non-hydrogen) atoms. The third kappa shape index (κ3) is 5.49. The fourth-order valence-corrected chi connectivity index (χ4v) is 3.67. The summed E-state index contributed by atoms with van der Waals surface area (Å²) in [6.45, 7) is 5.36. The summed E-state index contributed by atoms with van der Waals surface area (Å²) in [5.74, 6) is 1.73. The molecule has 1 atom stereocenters. The van der Waals surface area contributed by atoms with Gasteiger partial charge in [0.25, 0.3) is 0 Å². The zero-order valence-corrected chi connectivity index (χ0v) is 16.8. The third-order valence-electron chi connectivity index (χ3n) is 5.17. The molecule has 1 saturated heterocycles. The number of methoxy groups -OCH3 is 1. The molecule has 3 rings (SSSR count). The number of nitrogens with zero attached hydrogens (tertiary/aromatic N) is 1. The van der Waals surface area contributed by atoms with Crippen LogP contribution in [0.3, 0.4) is 0 Å². The predicted molar refractivity (Wildman–Crippen MR) is 111 cm³/mol.